The number of benzene rings is 1. The first kappa shape index (κ1) is 9.42. The standard InChI is InChI=1S/C8H5BrN2O2S/c9-8-2-4-1-5(10)6(11(12)13)3-7(4)14-8/h1-3H,10H2. The third-order valence-electron chi connectivity index (χ3n) is 1.83. The van der Waals surface area contributed by atoms with Crippen LogP contribution in [0.1, 0.15) is 0 Å². The van der Waals surface area contributed by atoms with Gasteiger partial charge in [0.15, 0.2) is 0 Å². The van der Waals surface area contributed by atoms with E-state index in [0.29, 0.717) is 0 Å². The van der Waals surface area contributed by atoms with E-state index in [2.05, 4.69) is 15.9 Å². The summed E-state index contributed by atoms with van der Waals surface area (Å²) in [7, 11) is 0. The quantitative estimate of drug-likeness (QED) is 0.493. The average molecular weight is 273 g/mol. The Labute approximate surface area is 91.6 Å². The van der Waals surface area contributed by atoms with Crippen LogP contribution in [0, 0.1) is 10.1 Å². The SMILES string of the molecule is Nc1cc2cc(Br)sc2cc1[N+](=O)[O-]. The number of rotatable bonds is 1. The van der Waals surface area contributed by atoms with Crippen molar-refractivity contribution in [2.24, 2.45) is 0 Å². The fraction of sp³-hybridized carbons (Fsp3) is 0. The molecule has 1 aromatic carbocycles. The van der Waals surface area contributed by atoms with Gasteiger partial charge in [0.05, 0.1) is 8.71 Å². The molecule has 0 saturated heterocycles. The Morgan fingerprint density at radius 2 is 2.14 bits per heavy atom. The molecule has 14 heavy (non-hydrogen) atoms. The number of fused-ring (bicyclic) bond motifs is 1. The molecule has 0 bridgehead atoms. The molecule has 0 atom stereocenters. The molecule has 1 heterocycles. The summed E-state index contributed by atoms with van der Waals surface area (Å²) in [5.74, 6) is 0. The fourth-order valence-corrected chi connectivity index (χ4v) is 2.79. The minimum absolute atomic E-state index is 0.0353. The first-order valence-electron chi connectivity index (χ1n) is 3.71. The Kier molecular flexibility index (Phi) is 2.16. The van der Waals surface area contributed by atoms with Crippen LogP contribution in [0.4, 0.5) is 11.4 Å². The zero-order valence-corrected chi connectivity index (χ0v) is 9.26. The monoisotopic (exact) mass is 272 g/mol. The molecule has 2 N–H and O–H groups in total. The number of hydrogen-bond acceptors (Lipinski definition) is 4. The predicted octanol–water partition coefficient (Wildman–Crippen LogP) is 3.15. The summed E-state index contributed by atoms with van der Waals surface area (Å²) < 4.78 is 1.80. The third kappa shape index (κ3) is 1.46. The molecule has 0 fully saturated rings. The van der Waals surface area contributed by atoms with Crippen LogP contribution in [0.3, 0.4) is 0 Å². The van der Waals surface area contributed by atoms with Crippen LogP contribution in [-0.4, -0.2) is 4.92 Å². The summed E-state index contributed by atoms with van der Waals surface area (Å²) in [4.78, 5) is 10.1. The summed E-state index contributed by atoms with van der Waals surface area (Å²) in [6, 6.07) is 5.01. The number of thiophene rings is 1. The van der Waals surface area contributed by atoms with Crippen LogP contribution in [0.15, 0.2) is 22.0 Å². The van der Waals surface area contributed by atoms with E-state index in [1.54, 1.807) is 6.07 Å². The lowest BCUT2D eigenvalue weighted by molar-refractivity contribution is -0.383. The molecule has 2 rings (SSSR count). The van der Waals surface area contributed by atoms with Gasteiger partial charge in [0.1, 0.15) is 5.69 Å². The maximum absolute atomic E-state index is 10.6. The van der Waals surface area contributed by atoms with Gasteiger partial charge in [0.25, 0.3) is 5.69 Å². The van der Waals surface area contributed by atoms with Crippen molar-refractivity contribution in [2.45, 2.75) is 0 Å². The molecule has 0 aliphatic rings. The lowest BCUT2D eigenvalue weighted by Crippen LogP contribution is -1.94. The second kappa shape index (κ2) is 3.21. The summed E-state index contributed by atoms with van der Waals surface area (Å²) in [6.07, 6.45) is 0. The molecule has 0 aliphatic heterocycles. The van der Waals surface area contributed by atoms with Gasteiger partial charge >= 0.3 is 0 Å². The maximum Gasteiger partial charge on any atom is 0.293 e. The molecule has 0 aliphatic carbocycles. The fourth-order valence-electron chi connectivity index (χ4n) is 1.22. The molecular weight excluding hydrogens is 268 g/mol. The smallest absolute Gasteiger partial charge is 0.293 e. The van der Waals surface area contributed by atoms with Gasteiger partial charge in [-0.3, -0.25) is 10.1 Å². The van der Waals surface area contributed by atoms with E-state index in [1.165, 1.54) is 17.4 Å². The third-order valence-corrected chi connectivity index (χ3v) is 3.43. The average Bonchev–Trinajstić information content (AvgIpc) is 2.42. The topological polar surface area (TPSA) is 69.2 Å². The van der Waals surface area contributed by atoms with Gasteiger partial charge in [-0.1, -0.05) is 0 Å². The van der Waals surface area contributed by atoms with Crippen LogP contribution in [-0.2, 0) is 0 Å². The number of anilines is 1. The van der Waals surface area contributed by atoms with E-state index in [-0.39, 0.29) is 11.4 Å². The molecule has 0 unspecified atom stereocenters. The van der Waals surface area contributed by atoms with Crippen molar-refractivity contribution in [3.8, 4) is 0 Å². The van der Waals surface area contributed by atoms with Gasteiger partial charge in [-0.15, -0.1) is 11.3 Å². The van der Waals surface area contributed by atoms with Crippen molar-refractivity contribution in [1.29, 1.82) is 0 Å². The highest BCUT2D eigenvalue weighted by atomic mass is 79.9. The van der Waals surface area contributed by atoms with Gasteiger partial charge in [-0.05, 0) is 33.4 Å². The second-order valence-corrected chi connectivity index (χ2v) is 5.22. The maximum atomic E-state index is 10.6. The van der Waals surface area contributed by atoms with Gasteiger partial charge in [0, 0.05) is 10.8 Å². The van der Waals surface area contributed by atoms with E-state index in [9.17, 15) is 10.1 Å². The van der Waals surface area contributed by atoms with Crippen molar-refractivity contribution >= 4 is 48.7 Å². The normalized spacial score (nSPS) is 10.6. The largest absolute Gasteiger partial charge is 0.393 e. The van der Waals surface area contributed by atoms with Crippen molar-refractivity contribution < 1.29 is 4.92 Å². The Morgan fingerprint density at radius 3 is 2.79 bits per heavy atom. The molecular formula is C8H5BrN2O2S. The van der Waals surface area contributed by atoms with Crippen LogP contribution in [0.5, 0.6) is 0 Å². The number of nitrogens with zero attached hydrogens (tertiary/aromatic N) is 1. The molecule has 0 saturated carbocycles. The molecule has 6 heteroatoms. The number of halogens is 1. The minimum Gasteiger partial charge on any atom is -0.393 e. The van der Waals surface area contributed by atoms with Crippen LogP contribution in [0.25, 0.3) is 10.1 Å². The lowest BCUT2D eigenvalue weighted by Gasteiger charge is -1.96. The summed E-state index contributed by atoms with van der Waals surface area (Å²) in [5.41, 5.74) is 5.71. The van der Waals surface area contributed by atoms with E-state index < -0.39 is 4.92 Å². The van der Waals surface area contributed by atoms with Gasteiger partial charge in [-0.25, -0.2) is 0 Å². The summed E-state index contributed by atoms with van der Waals surface area (Å²) in [5, 5.41) is 11.5. The Balaban J connectivity index is 2.76. The molecule has 2 aromatic rings. The summed E-state index contributed by atoms with van der Waals surface area (Å²) in [6.45, 7) is 0. The zero-order chi connectivity index (χ0) is 10.3. The Hall–Kier alpha value is -1.14. The molecule has 4 nitrogen and oxygen atoms in total. The zero-order valence-electron chi connectivity index (χ0n) is 6.86. The van der Waals surface area contributed by atoms with Crippen LogP contribution in [0.2, 0.25) is 0 Å². The van der Waals surface area contributed by atoms with Crippen LogP contribution < -0.4 is 5.73 Å². The minimum atomic E-state index is -0.470. The van der Waals surface area contributed by atoms with Gasteiger partial charge < -0.3 is 5.73 Å². The van der Waals surface area contributed by atoms with Gasteiger partial charge in [0.2, 0.25) is 0 Å². The molecule has 0 spiro atoms. The highest BCUT2D eigenvalue weighted by molar-refractivity contribution is 9.11. The van der Waals surface area contributed by atoms with E-state index >= 15 is 0 Å². The van der Waals surface area contributed by atoms with Crippen molar-refractivity contribution in [3.63, 3.8) is 0 Å². The molecule has 0 amide bonds. The molecule has 72 valence electrons. The highest BCUT2D eigenvalue weighted by Gasteiger charge is 2.13. The summed E-state index contributed by atoms with van der Waals surface area (Å²) >= 11 is 4.77. The Bertz CT molecular complexity index is 523. The van der Waals surface area contributed by atoms with Crippen molar-refractivity contribution in [1.82, 2.24) is 0 Å². The van der Waals surface area contributed by atoms with Gasteiger partial charge in [-0.2, -0.15) is 0 Å². The first-order valence-corrected chi connectivity index (χ1v) is 5.32. The molecule has 0 radical (unpaired) electrons. The van der Waals surface area contributed by atoms with Crippen molar-refractivity contribution in [2.75, 3.05) is 5.73 Å². The number of nitrogen functional groups attached to an aromatic ring is 1. The van der Waals surface area contributed by atoms with E-state index in [0.717, 1.165) is 13.9 Å². The molecule has 1 aromatic heterocycles. The highest BCUT2D eigenvalue weighted by Crippen LogP contribution is 2.35. The van der Waals surface area contributed by atoms with Crippen LogP contribution >= 0.6 is 27.3 Å². The number of nitro benzene ring substituents is 1. The van der Waals surface area contributed by atoms with E-state index in [1.807, 2.05) is 6.07 Å². The number of nitrogens with two attached hydrogens (primary N) is 1. The predicted molar refractivity (Wildman–Crippen MR) is 60.6 cm³/mol. The van der Waals surface area contributed by atoms with Crippen molar-refractivity contribution in [3.05, 3.63) is 32.1 Å². The first-order chi connectivity index (χ1) is 6.58. The number of nitro groups is 1. The number of hydrogen-bond donors (Lipinski definition) is 1. The van der Waals surface area contributed by atoms with E-state index in [4.69, 9.17) is 5.73 Å². The Morgan fingerprint density at radius 1 is 1.43 bits per heavy atom. The second-order valence-electron chi connectivity index (χ2n) is 2.76. The lowest BCUT2D eigenvalue weighted by atomic mass is 10.2.